The molecule has 0 saturated heterocycles. The van der Waals surface area contributed by atoms with Gasteiger partial charge in [0.05, 0.1) is 23.6 Å². The van der Waals surface area contributed by atoms with E-state index in [4.69, 9.17) is 5.73 Å². The van der Waals surface area contributed by atoms with Gasteiger partial charge in [-0.15, -0.1) is 0 Å². The number of imidazole rings is 1. The van der Waals surface area contributed by atoms with E-state index in [1.807, 2.05) is 13.8 Å². The Morgan fingerprint density at radius 3 is 2.75 bits per heavy atom. The van der Waals surface area contributed by atoms with Crippen molar-refractivity contribution in [2.24, 2.45) is 5.73 Å². The molecule has 0 aromatic carbocycles. The fourth-order valence-corrected chi connectivity index (χ4v) is 1.51. The van der Waals surface area contributed by atoms with Crippen LogP contribution in [0, 0.1) is 6.92 Å². The van der Waals surface area contributed by atoms with E-state index >= 15 is 0 Å². The third-order valence-electron chi connectivity index (χ3n) is 2.52. The number of hydrogen-bond donors (Lipinski definition) is 2. The Morgan fingerprint density at radius 1 is 1.31 bits per heavy atom. The van der Waals surface area contributed by atoms with Gasteiger partial charge in [-0.05, 0) is 13.3 Å². The van der Waals surface area contributed by atoms with E-state index < -0.39 is 0 Å². The molecule has 5 heteroatoms. The van der Waals surface area contributed by atoms with Crippen molar-refractivity contribution in [1.82, 2.24) is 19.9 Å². The number of H-pyrrole nitrogens is 1. The second-order valence-corrected chi connectivity index (χ2v) is 3.69. The van der Waals surface area contributed by atoms with Crippen molar-refractivity contribution >= 4 is 0 Å². The van der Waals surface area contributed by atoms with Gasteiger partial charge < -0.3 is 10.7 Å². The maximum absolute atomic E-state index is 5.89. The van der Waals surface area contributed by atoms with E-state index in [2.05, 4.69) is 19.9 Å². The lowest BCUT2D eigenvalue weighted by Crippen LogP contribution is -2.10. The number of aromatic amines is 1. The number of hydrogen-bond acceptors (Lipinski definition) is 4. The summed E-state index contributed by atoms with van der Waals surface area (Å²) in [6, 6.07) is -0.0503. The van der Waals surface area contributed by atoms with Gasteiger partial charge in [-0.1, -0.05) is 6.92 Å². The fourth-order valence-electron chi connectivity index (χ4n) is 1.51. The number of nitrogens with zero attached hydrogens (tertiary/aromatic N) is 3. The summed E-state index contributed by atoms with van der Waals surface area (Å²) in [5.41, 5.74) is 8.46. The van der Waals surface area contributed by atoms with E-state index in [1.54, 1.807) is 18.6 Å². The predicted octanol–water partition coefficient (Wildman–Crippen LogP) is 1.58. The van der Waals surface area contributed by atoms with Crippen LogP contribution in [0.4, 0.5) is 0 Å². The first-order valence-corrected chi connectivity index (χ1v) is 5.30. The smallest absolute Gasteiger partial charge is 0.123 e. The van der Waals surface area contributed by atoms with Crippen molar-refractivity contribution in [2.75, 3.05) is 0 Å². The molecule has 2 heterocycles. The summed E-state index contributed by atoms with van der Waals surface area (Å²) in [4.78, 5) is 15.9. The van der Waals surface area contributed by atoms with Crippen LogP contribution in [0.1, 0.15) is 30.9 Å². The highest BCUT2D eigenvalue weighted by atomic mass is 15.0. The molecule has 16 heavy (non-hydrogen) atoms. The van der Waals surface area contributed by atoms with Gasteiger partial charge in [0.1, 0.15) is 11.5 Å². The molecule has 84 valence electrons. The molecule has 0 aliphatic heterocycles. The minimum atomic E-state index is -0.0503. The Labute approximate surface area is 94.2 Å². The van der Waals surface area contributed by atoms with Crippen LogP contribution < -0.4 is 5.73 Å². The average Bonchev–Trinajstić information content (AvgIpc) is 2.78. The van der Waals surface area contributed by atoms with Crippen molar-refractivity contribution in [1.29, 1.82) is 0 Å². The quantitative estimate of drug-likeness (QED) is 0.818. The fraction of sp³-hybridized carbons (Fsp3) is 0.364. The van der Waals surface area contributed by atoms with Gasteiger partial charge in [0, 0.05) is 12.4 Å². The van der Waals surface area contributed by atoms with Crippen molar-refractivity contribution in [2.45, 2.75) is 26.3 Å². The molecule has 2 aromatic rings. The minimum Gasteiger partial charge on any atom is -0.339 e. The zero-order chi connectivity index (χ0) is 11.5. The predicted molar refractivity (Wildman–Crippen MR) is 61.6 cm³/mol. The SMILES string of the molecule is CCC(N)c1ncc(-c2nccnc2C)[nH]1. The van der Waals surface area contributed by atoms with Crippen LogP contribution in [-0.4, -0.2) is 19.9 Å². The van der Waals surface area contributed by atoms with E-state index in [0.717, 1.165) is 29.3 Å². The van der Waals surface area contributed by atoms with Crippen molar-refractivity contribution < 1.29 is 0 Å². The number of nitrogens with two attached hydrogens (primary N) is 1. The molecule has 0 aliphatic carbocycles. The molecule has 5 nitrogen and oxygen atoms in total. The molecule has 1 unspecified atom stereocenters. The number of aryl methyl sites for hydroxylation is 1. The van der Waals surface area contributed by atoms with Gasteiger partial charge in [0.2, 0.25) is 0 Å². The molecule has 0 bridgehead atoms. The van der Waals surface area contributed by atoms with E-state index in [-0.39, 0.29) is 6.04 Å². The summed E-state index contributed by atoms with van der Waals surface area (Å²) < 4.78 is 0. The van der Waals surface area contributed by atoms with Gasteiger partial charge in [-0.3, -0.25) is 9.97 Å². The summed E-state index contributed by atoms with van der Waals surface area (Å²) in [5, 5.41) is 0. The molecule has 0 spiro atoms. The highest BCUT2D eigenvalue weighted by Gasteiger charge is 2.11. The van der Waals surface area contributed by atoms with Crippen LogP contribution in [-0.2, 0) is 0 Å². The summed E-state index contributed by atoms with van der Waals surface area (Å²) in [6.45, 7) is 3.95. The zero-order valence-electron chi connectivity index (χ0n) is 9.44. The Kier molecular flexibility index (Phi) is 2.96. The minimum absolute atomic E-state index is 0.0503. The third kappa shape index (κ3) is 1.94. The second kappa shape index (κ2) is 4.40. The lowest BCUT2D eigenvalue weighted by atomic mass is 10.2. The highest BCUT2D eigenvalue weighted by Crippen LogP contribution is 2.19. The zero-order valence-corrected chi connectivity index (χ0v) is 9.44. The molecule has 3 N–H and O–H groups in total. The largest absolute Gasteiger partial charge is 0.339 e. The molecule has 0 saturated carbocycles. The maximum Gasteiger partial charge on any atom is 0.123 e. The first-order valence-electron chi connectivity index (χ1n) is 5.30. The van der Waals surface area contributed by atoms with Crippen molar-refractivity contribution in [3.8, 4) is 11.4 Å². The number of aromatic nitrogens is 4. The average molecular weight is 217 g/mol. The van der Waals surface area contributed by atoms with E-state index in [9.17, 15) is 0 Å². The number of nitrogens with one attached hydrogen (secondary N) is 1. The molecule has 0 aliphatic rings. The topological polar surface area (TPSA) is 80.5 Å². The lowest BCUT2D eigenvalue weighted by molar-refractivity contribution is 0.658. The van der Waals surface area contributed by atoms with Gasteiger partial charge >= 0.3 is 0 Å². The molecule has 1 atom stereocenters. The molecule has 0 radical (unpaired) electrons. The molecule has 0 amide bonds. The molecular weight excluding hydrogens is 202 g/mol. The summed E-state index contributed by atoms with van der Waals surface area (Å²) in [6.07, 6.45) is 5.95. The first kappa shape index (κ1) is 10.8. The molecular formula is C11H15N5. The monoisotopic (exact) mass is 217 g/mol. The molecule has 2 aromatic heterocycles. The Balaban J connectivity index is 2.35. The van der Waals surface area contributed by atoms with E-state index in [0.29, 0.717) is 0 Å². The van der Waals surface area contributed by atoms with Gasteiger partial charge in [0.15, 0.2) is 0 Å². The van der Waals surface area contributed by atoms with Crippen LogP contribution in [0.2, 0.25) is 0 Å². The van der Waals surface area contributed by atoms with Crippen LogP contribution in [0.5, 0.6) is 0 Å². The van der Waals surface area contributed by atoms with Crippen molar-refractivity contribution in [3.05, 3.63) is 30.1 Å². The van der Waals surface area contributed by atoms with Gasteiger partial charge in [-0.2, -0.15) is 0 Å². The highest BCUT2D eigenvalue weighted by molar-refractivity contribution is 5.55. The Bertz CT molecular complexity index is 477. The van der Waals surface area contributed by atoms with Crippen LogP contribution in [0.3, 0.4) is 0 Å². The number of rotatable bonds is 3. The molecule has 2 rings (SSSR count). The summed E-state index contributed by atoms with van der Waals surface area (Å²) in [7, 11) is 0. The van der Waals surface area contributed by atoms with Crippen LogP contribution in [0.15, 0.2) is 18.6 Å². The van der Waals surface area contributed by atoms with Gasteiger partial charge in [0.25, 0.3) is 0 Å². The standard InChI is InChI=1S/C11H15N5/c1-3-8(12)11-15-6-9(16-11)10-7(2)13-4-5-14-10/h4-6,8H,3,12H2,1-2H3,(H,15,16). The maximum atomic E-state index is 5.89. The second-order valence-electron chi connectivity index (χ2n) is 3.69. The van der Waals surface area contributed by atoms with Gasteiger partial charge in [-0.25, -0.2) is 4.98 Å². The Morgan fingerprint density at radius 2 is 2.06 bits per heavy atom. The van der Waals surface area contributed by atoms with Crippen molar-refractivity contribution in [3.63, 3.8) is 0 Å². The normalized spacial score (nSPS) is 12.7. The Hall–Kier alpha value is -1.75. The lowest BCUT2D eigenvalue weighted by Gasteiger charge is -2.04. The first-order chi connectivity index (χ1) is 7.72. The van der Waals surface area contributed by atoms with Crippen LogP contribution >= 0.6 is 0 Å². The van der Waals surface area contributed by atoms with Crippen LogP contribution in [0.25, 0.3) is 11.4 Å². The van der Waals surface area contributed by atoms with E-state index in [1.165, 1.54) is 0 Å². The summed E-state index contributed by atoms with van der Waals surface area (Å²) >= 11 is 0. The molecule has 0 fully saturated rings. The summed E-state index contributed by atoms with van der Waals surface area (Å²) in [5.74, 6) is 0.794. The third-order valence-corrected chi connectivity index (χ3v) is 2.52.